The second-order valence-corrected chi connectivity index (χ2v) is 6.52. The van der Waals surface area contributed by atoms with Crippen LogP contribution in [0.2, 0.25) is 5.02 Å². The fraction of sp³-hybridized carbons (Fsp3) is 0.176. The minimum absolute atomic E-state index is 0.0808. The number of pyridine rings is 1. The number of amides is 2. The summed E-state index contributed by atoms with van der Waals surface area (Å²) >= 11 is 6.15. The summed E-state index contributed by atoms with van der Waals surface area (Å²) in [6.45, 7) is -3.34. The van der Waals surface area contributed by atoms with E-state index in [0.29, 0.717) is 12.1 Å². The molecule has 16 heteroatoms. The first-order chi connectivity index (χ1) is 15.5. The quantitative estimate of drug-likeness (QED) is 0.506. The predicted molar refractivity (Wildman–Crippen MR) is 102 cm³/mol. The lowest BCUT2D eigenvalue weighted by Gasteiger charge is -2.16. The minimum Gasteiger partial charge on any atom is -0.433 e. The van der Waals surface area contributed by atoms with Gasteiger partial charge in [-0.1, -0.05) is 16.7 Å². The lowest BCUT2D eigenvalue weighted by molar-refractivity contribution is -0.137. The highest BCUT2D eigenvalue weighted by atomic mass is 35.5. The van der Waals surface area contributed by atoms with Gasteiger partial charge in [0.2, 0.25) is 5.95 Å². The van der Waals surface area contributed by atoms with Gasteiger partial charge < -0.3 is 10.1 Å². The van der Waals surface area contributed by atoms with Crippen LogP contribution in [0, 0.1) is 0 Å². The highest BCUT2D eigenvalue weighted by Crippen LogP contribution is 2.37. The van der Waals surface area contributed by atoms with E-state index in [2.05, 4.69) is 35.9 Å². The number of benzene rings is 1. The highest BCUT2D eigenvalue weighted by Gasteiger charge is 2.31. The molecule has 0 unspecified atom stereocenters. The average Bonchev–Trinajstić information content (AvgIpc) is 3.14. The van der Waals surface area contributed by atoms with E-state index in [9.17, 15) is 31.5 Å². The Bertz CT molecular complexity index is 1200. The van der Waals surface area contributed by atoms with Crippen LogP contribution in [0.3, 0.4) is 0 Å². The molecule has 0 atom stereocenters. The summed E-state index contributed by atoms with van der Waals surface area (Å²) in [5.41, 5.74) is -2.76. The average molecular weight is 492 g/mol. The summed E-state index contributed by atoms with van der Waals surface area (Å²) in [7, 11) is 1.42. The molecule has 2 aromatic heterocycles. The van der Waals surface area contributed by atoms with Gasteiger partial charge in [0.1, 0.15) is 11.4 Å². The molecule has 1 aromatic carbocycles. The molecule has 0 spiro atoms. The smallest absolute Gasteiger partial charge is 0.416 e. The third-order valence-corrected chi connectivity index (χ3v) is 4.36. The molecule has 2 amide bonds. The maximum atomic E-state index is 12.9. The van der Waals surface area contributed by atoms with Gasteiger partial charge >= 0.3 is 12.8 Å². The molecule has 0 aliphatic heterocycles. The zero-order chi connectivity index (χ0) is 24.3. The molecular weight excluding hydrogens is 481 g/mol. The fourth-order valence-electron chi connectivity index (χ4n) is 2.46. The Hall–Kier alpha value is -3.88. The van der Waals surface area contributed by atoms with Crippen LogP contribution in [-0.4, -0.2) is 43.6 Å². The number of rotatable bonds is 6. The third-order valence-electron chi connectivity index (χ3n) is 3.97. The van der Waals surface area contributed by atoms with Gasteiger partial charge in [0, 0.05) is 13.2 Å². The molecule has 2 N–H and O–H groups in total. The van der Waals surface area contributed by atoms with Gasteiger partial charge in [-0.2, -0.15) is 22.0 Å². The zero-order valence-corrected chi connectivity index (χ0v) is 16.9. The number of hydrogen-bond acceptors (Lipinski definition) is 7. The monoisotopic (exact) mass is 491 g/mol. The highest BCUT2D eigenvalue weighted by molar-refractivity contribution is 6.38. The van der Waals surface area contributed by atoms with Crippen molar-refractivity contribution in [1.29, 1.82) is 0 Å². The van der Waals surface area contributed by atoms with E-state index in [1.54, 1.807) is 0 Å². The zero-order valence-electron chi connectivity index (χ0n) is 16.2. The summed E-state index contributed by atoms with van der Waals surface area (Å²) in [5, 5.41) is 14.2. The van der Waals surface area contributed by atoms with E-state index < -0.39 is 52.3 Å². The number of nitrogens with one attached hydrogen (secondary N) is 2. The molecule has 0 saturated carbocycles. The van der Waals surface area contributed by atoms with Crippen molar-refractivity contribution in [3.8, 4) is 5.75 Å². The maximum Gasteiger partial charge on any atom is 0.416 e. The Labute approximate surface area is 185 Å². The van der Waals surface area contributed by atoms with Crippen molar-refractivity contribution in [1.82, 2.24) is 25.2 Å². The topological polar surface area (TPSA) is 124 Å². The number of carbonyl (C=O) groups is 2. The van der Waals surface area contributed by atoms with Gasteiger partial charge in [-0.05, 0) is 34.7 Å². The number of hydrogen-bond donors (Lipinski definition) is 2. The second kappa shape index (κ2) is 9.32. The fourth-order valence-corrected chi connectivity index (χ4v) is 2.75. The lowest BCUT2D eigenvalue weighted by atomic mass is 10.1. The number of halogens is 6. The van der Waals surface area contributed by atoms with E-state index in [1.807, 2.05) is 0 Å². The van der Waals surface area contributed by atoms with Crippen molar-refractivity contribution in [3.05, 3.63) is 52.3 Å². The van der Waals surface area contributed by atoms with Crippen molar-refractivity contribution in [2.45, 2.75) is 12.8 Å². The number of aryl methyl sites for hydroxylation is 1. The molecule has 33 heavy (non-hydrogen) atoms. The van der Waals surface area contributed by atoms with Crippen LogP contribution in [0.15, 0.2) is 30.5 Å². The van der Waals surface area contributed by atoms with Crippen LogP contribution < -0.4 is 15.4 Å². The van der Waals surface area contributed by atoms with Gasteiger partial charge in [0.05, 0.1) is 16.1 Å². The van der Waals surface area contributed by atoms with Gasteiger partial charge in [0.25, 0.3) is 11.8 Å². The number of aromatic nitrogens is 5. The van der Waals surface area contributed by atoms with Gasteiger partial charge in [0.15, 0.2) is 5.75 Å². The van der Waals surface area contributed by atoms with Crippen molar-refractivity contribution < 1.29 is 36.3 Å². The van der Waals surface area contributed by atoms with Crippen molar-refractivity contribution >= 4 is 35.1 Å². The number of anilines is 2. The van der Waals surface area contributed by atoms with Crippen molar-refractivity contribution in [3.63, 3.8) is 0 Å². The van der Waals surface area contributed by atoms with Crippen LogP contribution >= 0.6 is 11.6 Å². The Balaban J connectivity index is 1.96. The Kier molecular flexibility index (Phi) is 6.71. The minimum atomic E-state index is -4.76. The summed E-state index contributed by atoms with van der Waals surface area (Å²) < 4.78 is 69.8. The number of alkyl halides is 5. The van der Waals surface area contributed by atoms with E-state index in [-0.39, 0.29) is 11.5 Å². The molecule has 174 valence electrons. The van der Waals surface area contributed by atoms with Crippen LogP contribution in [0.4, 0.5) is 33.6 Å². The molecule has 2 heterocycles. The number of carbonyl (C=O) groups excluding carboxylic acids is 2. The van der Waals surface area contributed by atoms with Crippen LogP contribution in [0.25, 0.3) is 0 Å². The van der Waals surface area contributed by atoms with E-state index in [1.165, 1.54) is 7.05 Å². The number of ether oxygens (including phenoxy) is 1. The predicted octanol–water partition coefficient (Wildman–Crippen LogP) is 3.38. The summed E-state index contributed by atoms with van der Waals surface area (Å²) in [6, 6.07) is 3.03. The van der Waals surface area contributed by atoms with Crippen LogP contribution in [0.1, 0.15) is 26.4 Å². The molecule has 3 rings (SSSR count). The molecule has 0 aliphatic rings. The molecule has 0 bridgehead atoms. The summed E-state index contributed by atoms with van der Waals surface area (Å²) in [5.74, 6) is -2.83. The molecule has 0 aliphatic carbocycles. The Morgan fingerprint density at radius 1 is 1.15 bits per heavy atom. The van der Waals surface area contributed by atoms with Crippen molar-refractivity contribution in [2.75, 3.05) is 10.6 Å². The lowest BCUT2D eigenvalue weighted by Crippen LogP contribution is -2.19. The number of tetrazole rings is 1. The first-order valence-electron chi connectivity index (χ1n) is 8.63. The summed E-state index contributed by atoms with van der Waals surface area (Å²) in [4.78, 5) is 28.6. The second-order valence-electron chi connectivity index (χ2n) is 6.14. The van der Waals surface area contributed by atoms with Gasteiger partial charge in [-0.25, -0.2) is 4.68 Å². The number of nitrogens with zero attached hydrogens (tertiary/aromatic N) is 5. The van der Waals surface area contributed by atoms with Gasteiger partial charge in [-0.3, -0.25) is 19.9 Å². The first kappa shape index (κ1) is 23.8. The van der Waals surface area contributed by atoms with Crippen molar-refractivity contribution in [2.24, 2.45) is 7.05 Å². The van der Waals surface area contributed by atoms with Gasteiger partial charge in [-0.15, -0.1) is 0 Å². The molecule has 0 saturated heterocycles. The van der Waals surface area contributed by atoms with E-state index >= 15 is 0 Å². The summed E-state index contributed by atoms with van der Waals surface area (Å²) in [6.07, 6.45) is -4.01. The Morgan fingerprint density at radius 2 is 1.88 bits per heavy atom. The maximum absolute atomic E-state index is 12.9. The normalized spacial score (nSPS) is 11.4. The SMILES string of the molecule is Cn1nnnc1NC(=O)c1ccc(OC(F)F)c(NC(=O)c2cc(C(F)(F)F)ccn2)c1Cl. The molecular formula is C17H11ClF5N7O3. The molecule has 0 fully saturated rings. The Morgan fingerprint density at radius 3 is 2.48 bits per heavy atom. The molecule has 10 nitrogen and oxygen atoms in total. The molecule has 0 radical (unpaired) electrons. The standard InChI is InChI=1S/C17H11ClF5N7O3/c1-30-16(27-28-29-30)26-13(31)8-2-3-10(33-15(19)20)12(11(8)18)25-14(32)9-6-7(4-5-24-9)17(21,22)23/h2-6,15H,1H3,(H,25,32)(H,26,27,29,31). The first-order valence-corrected chi connectivity index (χ1v) is 9.00. The van der Waals surface area contributed by atoms with Crippen LogP contribution in [0.5, 0.6) is 5.75 Å². The van der Waals surface area contributed by atoms with Crippen LogP contribution in [-0.2, 0) is 13.2 Å². The van der Waals surface area contributed by atoms with E-state index in [0.717, 1.165) is 23.0 Å². The largest absolute Gasteiger partial charge is 0.433 e. The third kappa shape index (κ3) is 5.49. The van der Waals surface area contributed by atoms with E-state index in [4.69, 9.17) is 11.6 Å². The molecule has 3 aromatic rings.